The third kappa shape index (κ3) is 2.14. The first-order valence-electron chi connectivity index (χ1n) is 3.41. The van der Waals surface area contributed by atoms with E-state index in [1.165, 1.54) is 6.92 Å². The molecule has 0 saturated carbocycles. The Kier molecular flexibility index (Phi) is 3.31. The van der Waals surface area contributed by atoms with E-state index in [-0.39, 0.29) is 15.9 Å². The van der Waals surface area contributed by atoms with Crippen LogP contribution < -0.4 is 0 Å². The van der Waals surface area contributed by atoms with Crippen LogP contribution in [0.25, 0.3) is 0 Å². The van der Waals surface area contributed by atoms with E-state index >= 15 is 0 Å². The third-order valence-corrected chi connectivity index (χ3v) is 3.31. The van der Waals surface area contributed by atoms with Gasteiger partial charge in [0.1, 0.15) is 0 Å². The van der Waals surface area contributed by atoms with Gasteiger partial charge in [-0.15, -0.1) is 0 Å². The van der Waals surface area contributed by atoms with Gasteiger partial charge in [0.05, 0.1) is 10.7 Å². The molecule has 0 radical (unpaired) electrons. The number of hydrogen-bond donors (Lipinski definition) is 1. The average molecular weight is 257 g/mol. The zero-order valence-electron chi connectivity index (χ0n) is 7.03. The maximum atomic E-state index is 11.1. The summed E-state index contributed by atoms with van der Waals surface area (Å²) in [4.78, 5) is 7.05. The highest BCUT2D eigenvalue weighted by Crippen LogP contribution is 2.23. The minimum atomic E-state index is -3.87. The number of rotatable bonds is 2. The molecule has 0 aliphatic rings. The van der Waals surface area contributed by atoms with Gasteiger partial charge in [-0.25, -0.2) is 18.4 Å². The Balaban J connectivity index is 3.41. The van der Waals surface area contributed by atoms with Crippen molar-refractivity contribution in [3.8, 4) is 0 Å². The maximum Gasteiger partial charge on any atom is 0.251 e. The molecule has 0 spiro atoms. The molecule has 0 aliphatic heterocycles. The van der Waals surface area contributed by atoms with Crippen LogP contribution in [0.2, 0.25) is 10.2 Å². The van der Waals surface area contributed by atoms with Crippen LogP contribution in [0.5, 0.6) is 0 Å². The highest BCUT2D eigenvalue weighted by molar-refractivity contribution is 7.91. The number of nitrogens with zero attached hydrogens (tertiary/aromatic N) is 2. The highest BCUT2D eigenvalue weighted by atomic mass is 35.5. The van der Waals surface area contributed by atoms with E-state index in [4.69, 9.17) is 28.3 Å². The molecule has 0 aromatic carbocycles. The van der Waals surface area contributed by atoms with E-state index in [0.717, 1.165) is 0 Å². The number of aliphatic hydroxyl groups excluding tert-OH is 1. The standard InChI is InChI=1S/C6H6Cl2N2O3S/c1-3-4(7)5(8)10-6(9-3)14(12,13)2-11/h11H,2H2,1H3. The first-order chi connectivity index (χ1) is 6.38. The SMILES string of the molecule is Cc1nc(S(=O)(=O)CO)nc(Cl)c1Cl. The van der Waals surface area contributed by atoms with Crippen LogP contribution in [0.3, 0.4) is 0 Å². The number of aromatic nitrogens is 2. The largest absolute Gasteiger partial charge is 0.380 e. The molecule has 0 atom stereocenters. The molecule has 0 fully saturated rings. The summed E-state index contributed by atoms with van der Waals surface area (Å²) in [5, 5.41) is 7.99. The predicted octanol–water partition coefficient (Wildman–Crippen LogP) is 0.815. The van der Waals surface area contributed by atoms with Crippen LogP contribution >= 0.6 is 23.2 Å². The van der Waals surface area contributed by atoms with E-state index in [1.54, 1.807) is 0 Å². The van der Waals surface area contributed by atoms with Crippen LogP contribution in [0.4, 0.5) is 0 Å². The average Bonchev–Trinajstić information content (AvgIpc) is 2.13. The van der Waals surface area contributed by atoms with Crippen LogP contribution in [0.15, 0.2) is 5.16 Å². The van der Waals surface area contributed by atoms with Crippen molar-refractivity contribution in [3.63, 3.8) is 0 Å². The summed E-state index contributed by atoms with van der Waals surface area (Å²) in [5.41, 5.74) is 0.249. The molecule has 78 valence electrons. The zero-order valence-corrected chi connectivity index (χ0v) is 9.36. The molecule has 1 aromatic heterocycles. The Morgan fingerprint density at radius 1 is 1.36 bits per heavy atom. The van der Waals surface area contributed by atoms with Gasteiger partial charge >= 0.3 is 0 Å². The van der Waals surface area contributed by atoms with E-state index in [9.17, 15) is 8.42 Å². The number of sulfone groups is 1. The molecule has 14 heavy (non-hydrogen) atoms. The van der Waals surface area contributed by atoms with Gasteiger partial charge in [-0.1, -0.05) is 23.2 Å². The van der Waals surface area contributed by atoms with Gasteiger partial charge in [0, 0.05) is 0 Å². The Hall–Kier alpha value is -0.430. The van der Waals surface area contributed by atoms with E-state index < -0.39 is 20.9 Å². The van der Waals surface area contributed by atoms with Crippen molar-refractivity contribution in [3.05, 3.63) is 15.9 Å². The van der Waals surface area contributed by atoms with Gasteiger partial charge in [0.15, 0.2) is 11.1 Å². The van der Waals surface area contributed by atoms with Crippen molar-refractivity contribution in [1.29, 1.82) is 0 Å². The third-order valence-electron chi connectivity index (χ3n) is 1.40. The van der Waals surface area contributed by atoms with E-state index in [2.05, 4.69) is 9.97 Å². The Labute approximate surface area is 90.6 Å². The highest BCUT2D eigenvalue weighted by Gasteiger charge is 2.19. The summed E-state index contributed by atoms with van der Waals surface area (Å²) < 4.78 is 22.3. The molecule has 0 aliphatic carbocycles. The monoisotopic (exact) mass is 256 g/mol. The molecule has 1 heterocycles. The minimum Gasteiger partial charge on any atom is -0.380 e. The number of halogens is 2. The zero-order chi connectivity index (χ0) is 10.9. The molecule has 0 bridgehead atoms. The van der Waals surface area contributed by atoms with Crippen LogP contribution in [0.1, 0.15) is 5.69 Å². The molecular weight excluding hydrogens is 251 g/mol. The van der Waals surface area contributed by atoms with Crippen molar-refractivity contribution in [2.75, 3.05) is 5.94 Å². The lowest BCUT2D eigenvalue weighted by Gasteiger charge is -2.03. The second-order valence-corrected chi connectivity index (χ2v) is 5.03. The first-order valence-corrected chi connectivity index (χ1v) is 5.82. The fraction of sp³-hybridized carbons (Fsp3) is 0.333. The smallest absolute Gasteiger partial charge is 0.251 e. The summed E-state index contributed by atoms with van der Waals surface area (Å²) in [5.74, 6) is -1.07. The Morgan fingerprint density at radius 3 is 2.36 bits per heavy atom. The second kappa shape index (κ2) is 3.98. The molecule has 0 saturated heterocycles. The fourth-order valence-electron chi connectivity index (χ4n) is 0.697. The van der Waals surface area contributed by atoms with Gasteiger partial charge < -0.3 is 5.11 Å². The van der Waals surface area contributed by atoms with Gasteiger partial charge in [-0.3, -0.25) is 0 Å². The number of aliphatic hydroxyl groups is 1. The van der Waals surface area contributed by atoms with E-state index in [0.29, 0.717) is 0 Å². The first kappa shape index (κ1) is 11.6. The van der Waals surface area contributed by atoms with Crippen molar-refractivity contribution in [2.24, 2.45) is 0 Å². The molecule has 1 aromatic rings. The van der Waals surface area contributed by atoms with Gasteiger partial charge in [0.2, 0.25) is 9.84 Å². The van der Waals surface area contributed by atoms with Crippen molar-refractivity contribution >= 4 is 33.0 Å². The fourth-order valence-corrected chi connectivity index (χ4v) is 1.67. The quantitative estimate of drug-likeness (QED) is 0.626. The summed E-state index contributed by atoms with van der Waals surface area (Å²) in [7, 11) is -3.87. The Bertz CT molecular complexity index is 437. The van der Waals surface area contributed by atoms with Crippen LogP contribution in [-0.4, -0.2) is 29.4 Å². The summed E-state index contributed by atoms with van der Waals surface area (Å²) in [6, 6.07) is 0. The molecule has 5 nitrogen and oxygen atoms in total. The molecule has 8 heteroatoms. The van der Waals surface area contributed by atoms with Crippen LogP contribution in [0, 0.1) is 6.92 Å². The Morgan fingerprint density at radius 2 is 1.93 bits per heavy atom. The lowest BCUT2D eigenvalue weighted by Crippen LogP contribution is -2.11. The molecular formula is C6H6Cl2N2O3S. The summed E-state index contributed by atoms with van der Waals surface area (Å²) >= 11 is 11.2. The van der Waals surface area contributed by atoms with Crippen molar-refractivity contribution < 1.29 is 13.5 Å². The lowest BCUT2D eigenvalue weighted by atomic mass is 10.5. The summed E-state index contributed by atoms with van der Waals surface area (Å²) in [6.07, 6.45) is 0. The normalized spacial score (nSPS) is 11.7. The number of hydrogen-bond acceptors (Lipinski definition) is 5. The van der Waals surface area contributed by atoms with Gasteiger partial charge in [-0.2, -0.15) is 0 Å². The molecule has 0 unspecified atom stereocenters. The second-order valence-electron chi connectivity index (χ2n) is 2.44. The van der Waals surface area contributed by atoms with E-state index in [1.807, 2.05) is 0 Å². The minimum absolute atomic E-state index is 0.101. The van der Waals surface area contributed by atoms with Gasteiger partial charge in [0.25, 0.3) is 5.16 Å². The molecule has 0 amide bonds. The number of aryl methyl sites for hydroxylation is 1. The lowest BCUT2D eigenvalue weighted by molar-refractivity contribution is 0.357. The maximum absolute atomic E-state index is 11.1. The predicted molar refractivity (Wildman–Crippen MR) is 51.1 cm³/mol. The molecule has 1 N–H and O–H groups in total. The van der Waals surface area contributed by atoms with Crippen molar-refractivity contribution in [1.82, 2.24) is 9.97 Å². The van der Waals surface area contributed by atoms with Gasteiger partial charge in [-0.05, 0) is 6.92 Å². The topological polar surface area (TPSA) is 80.2 Å². The summed E-state index contributed by atoms with van der Waals surface area (Å²) in [6.45, 7) is 1.49. The van der Waals surface area contributed by atoms with Crippen molar-refractivity contribution in [2.45, 2.75) is 12.1 Å². The molecule has 1 rings (SSSR count). The van der Waals surface area contributed by atoms with Crippen LogP contribution in [-0.2, 0) is 9.84 Å².